The first kappa shape index (κ1) is 15.1. The van der Waals surface area contributed by atoms with Crippen LogP contribution in [0.15, 0.2) is 0 Å². The topological polar surface area (TPSA) is 30.5 Å². The molecule has 20 heavy (non-hydrogen) atoms. The molecule has 3 fully saturated rings. The van der Waals surface area contributed by atoms with Gasteiger partial charge < -0.3 is 14.8 Å². The van der Waals surface area contributed by atoms with Crippen molar-refractivity contribution in [1.29, 1.82) is 0 Å². The molecule has 3 saturated heterocycles. The fraction of sp³-hybridized carbons (Fsp3) is 1.00. The first-order valence-electron chi connectivity index (χ1n) is 8.36. The van der Waals surface area contributed by atoms with E-state index in [0.717, 1.165) is 32.3 Å². The molecule has 3 aliphatic heterocycles. The van der Waals surface area contributed by atoms with Crippen molar-refractivity contribution in [3.8, 4) is 0 Å². The molecule has 0 radical (unpaired) electrons. The zero-order valence-electron chi connectivity index (χ0n) is 12.7. The lowest BCUT2D eigenvalue weighted by Gasteiger charge is -2.44. The molecule has 0 saturated carbocycles. The Kier molecular flexibility index (Phi) is 5.29. The molecule has 3 heterocycles. The van der Waals surface area contributed by atoms with E-state index in [1.54, 1.807) is 0 Å². The summed E-state index contributed by atoms with van der Waals surface area (Å²) in [6.07, 6.45) is 6.30. The molecule has 4 heteroatoms. The van der Waals surface area contributed by atoms with Gasteiger partial charge in [0.15, 0.2) is 0 Å². The van der Waals surface area contributed by atoms with Crippen molar-refractivity contribution in [2.24, 2.45) is 11.8 Å². The smallest absolute Gasteiger partial charge is 0.0783 e. The molecule has 1 N–H and O–H groups in total. The van der Waals surface area contributed by atoms with Gasteiger partial charge in [0.25, 0.3) is 0 Å². The van der Waals surface area contributed by atoms with Crippen LogP contribution in [0.2, 0.25) is 0 Å². The lowest BCUT2D eigenvalue weighted by atomic mass is 9.75. The van der Waals surface area contributed by atoms with Crippen LogP contribution in [0.25, 0.3) is 0 Å². The Morgan fingerprint density at radius 3 is 2.95 bits per heavy atom. The van der Waals surface area contributed by atoms with Crippen molar-refractivity contribution in [2.75, 3.05) is 37.9 Å². The third-order valence-electron chi connectivity index (χ3n) is 5.25. The Balaban J connectivity index is 1.66. The van der Waals surface area contributed by atoms with Gasteiger partial charge in [0, 0.05) is 25.0 Å². The predicted octanol–water partition coefficient (Wildman–Crippen LogP) is 2.69. The van der Waals surface area contributed by atoms with Gasteiger partial charge in [-0.05, 0) is 56.2 Å². The Hall–Kier alpha value is 0.230. The van der Waals surface area contributed by atoms with Crippen molar-refractivity contribution in [3.63, 3.8) is 0 Å². The van der Waals surface area contributed by atoms with Crippen molar-refractivity contribution in [3.05, 3.63) is 0 Å². The zero-order valence-corrected chi connectivity index (χ0v) is 13.6. The van der Waals surface area contributed by atoms with Gasteiger partial charge >= 0.3 is 0 Å². The van der Waals surface area contributed by atoms with E-state index >= 15 is 0 Å². The summed E-state index contributed by atoms with van der Waals surface area (Å²) in [5, 5.41) is 3.79. The molecule has 0 aromatic heterocycles. The molecule has 4 unspecified atom stereocenters. The van der Waals surface area contributed by atoms with Crippen molar-refractivity contribution < 1.29 is 9.47 Å². The standard InChI is InChI=1S/C16H29NO2S/c1-2-17-15(14-4-3-7-18-11-14)13-5-8-19-16(10-13)6-9-20-12-16/h13-15,17H,2-12H2,1H3. The maximum Gasteiger partial charge on any atom is 0.0783 e. The quantitative estimate of drug-likeness (QED) is 0.864. The second-order valence-electron chi connectivity index (χ2n) is 6.65. The van der Waals surface area contributed by atoms with Crippen molar-refractivity contribution in [2.45, 2.75) is 50.7 Å². The van der Waals surface area contributed by atoms with Gasteiger partial charge in [-0.1, -0.05) is 6.92 Å². The predicted molar refractivity (Wildman–Crippen MR) is 84.4 cm³/mol. The van der Waals surface area contributed by atoms with E-state index in [-0.39, 0.29) is 5.60 Å². The van der Waals surface area contributed by atoms with Crippen LogP contribution in [0.1, 0.15) is 39.0 Å². The summed E-state index contributed by atoms with van der Waals surface area (Å²) in [5.74, 6) is 3.97. The molecule has 3 rings (SSSR count). The molecule has 1 spiro atoms. The van der Waals surface area contributed by atoms with E-state index in [1.807, 2.05) is 0 Å². The lowest BCUT2D eigenvalue weighted by molar-refractivity contribution is -0.0930. The third-order valence-corrected chi connectivity index (χ3v) is 6.47. The first-order chi connectivity index (χ1) is 9.83. The SMILES string of the molecule is CCNC(C1CCCOC1)C1CCOC2(CCSC2)C1. The van der Waals surface area contributed by atoms with Crippen LogP contribution in [0.3, 0.4) is 0 Å². The average Bonchev–Trinajstić information content (AvgIpc) is 2.93. The Labute approximate surface area is 127 Å². The molecule has 116 valence electrons. The summed E-state index contributed by atoms with van der Waals surface area (Å²) in [6.45, 7) is 6.18. The molecule has 0 aromatic carbocycles. The average molecular weight is 299 g/mol. The Morgan fingerprint density at radius 2 is 2.25 bits per heavy atom. The summed E-state index contributed by atoms with van der Waals surface area (Å²) in [6, 6.07) is 0.631. The fourth-order valence-electron chi connectivity index (χ4n) is 4.24. The van der Waals surface area contributed by atoms with Gasteiger partial charge in [-0.3, -0.25) is 0 Å². The summed E-state index contributed by atoms with van der Waals surface area (Å²) < 4.78 is 11.9. The van der Waals surface area contributed by atoms with Crippen LogP contribution in [-0.2, 0) is 9.47 Å². The normalized spacial score (nSPS) is 40.0. The van der Waals surface area contributed by atoms with Crippen LogP contribution < -0.4 is 5.32 Å². The molecule has 0 aliphatic carbocycles. The maximum absolute atomic E-state index is 6.19. The third kappa shape index (κ3) is 3.34. The number of rotatable bonds is 4. The fourth-order valence-corrected chi connectivity index (χ4v) is 5.62. The monoisotopic (exact) mass is 299 g/mol. The van der Waals surface area contributed by atoms with Crippen LogP contribution in [0, 0.1) is 11.8 Å². The Bertz CT molecular complexity index is 301. The molecule has 0 bridgehead atoms. The minimum absolute atomic E-state index is 0.205. The van der Waals surface area contributed by atoms with Crippen LogP contribution >= 0.6 is 11.8 Å². The summed E-state index contributed by atoms with van der Waals surface area (Å²) in [4.78, 5) is 0. The van der Waals surface area contributed by atoms with Crippen LogP contribution in [-0.4, -0.2) is 49.5 Å². The maximum atomic E-state index is 6.19. The minimum atomic E-state index is 0.205. The second kappa shape index (κ2) is 6.99. The van der Waals surface area contributed by atoms with Crippen molar-refractivity contribution in [1.82, 2.24) is 5.32 Å². The molecule has 3 nitrogen and oxygen atoms in total. The molecular weight excluding hydrogens is 270 g/mol. The van der Waals surface area contributed by atoms with Gasteiger partial charge in [-0.25, -0.2) is 0 Å². The number of nitrogens with one attached hydrogen (secondary N) is 1. The van der Waals surface area contributed by atoms with Crippen molar-refractivity contribution >= 4 is 11.8 Å². The molecular formula is C16H29NO2S. The van der Waals surface area contributed by atoms with Gasteiger partial charge in [0.1, 0.15) is 0 Å². The second-order valence-corrected chi connectivity index (χ2v) is 7.75. The van der Waals surface area contributed by atoms with Gasteiger partial charge in [-0.15, -0.1) is 0 Å². The highest BCUT2D eigenvalue weighted by Crippen LogP contribution is 2.42. The van der Waals surface area contributed by atoms with Crippen LogP contribution in [0.5, 0.6) is 0 Å². The lowest BCUT2D eigenvalue weighted by Crippen LogP contribution is -2.51. The minimum Gasteiger partial charge on any atom is -0.381 e. The van der Waals surface area contributed by atoms with Crippen LogP contribution in [0.4, 0.5) is 0 Å². The highest BCUT2D eigenvalue weighted by molar-refractivity contribution is 7.99. The first-order valence-corrected chi connectivity index (χ1v) is 9.51. The number of hydrogen-bond donors (Lipinski definition) is 1. The van der Waals surface area contributed by atoms with Gasteiger partial charge in [0.05, 0.1) is 12.2 Å². The number of thioether (sulfide) groups is 1. The summed E-state index contributed by atoms with van der Waals surface area (Å²) in [7, 11) is 0. The van der Waals surface area contributed by atoms with Gasteiger partial charge in [-0.2, -0.15) is 11.8 Å². The Morgan fingerprint density at radius 1 is 1.30 bits per heavy atom. The molecule has 0 amide bonds. The van der Waals surface area contributed by atoms with Gasteiger partial charge in [0.2, 0.25) is 0 Å². The van der Waals surface area contributed by atoms with E-state index in [0.29, 0.717) is 12.0 Å². The summed E-state index contributed by atoms with van der Waals surface area (Å²) in [5.41, 5.74) is 0.205. The van der Waals surface area contributed by atoms with E-state index in [2.05, 4.69) is 24.0 Å². The van der Waals surface area contributed by atoms with E-state index in [9.17, 15) is 0 Å². The highest BCUT2D eigenvalue weighted by atomic mass is 32.2. The largest absolute Gasteiger partial charge is 0.381 e. The zero-order chi connectivity index (χ0) is 13.8. The van der Waals surface area contributed by atoms with E-state index in [1.165, 1.54) is 43.6 Å². The molecule has 4 atom stereocenters. The molecule has 3 aliphatic rings. The molecule has 0 aromatic rings. The number of hydrogen-bond acceptors (Lipinski definition) is 4. The van der Waals surface area contributed by atoms with E-state index < -0.39 is 0 Å². The summed E-state index contributed by atoms with van der Waals surface area (Å²) >= 11 is 2.07. The number of ether oxygens (including phenoxy) is 2. The highest BCUT2D eigenvalue weighted by Gasteiger charge is 2.43. The van der Waals surface area contributed by atoms with E-state index in [4.69, 9.17) is 9.47 Å².